The van der Waals surface area contributed by atoms with Crippen LogP contribution in [0.5, 0.6) is 0 Å². The maximum Gasteiger partial charge on any atom is 0.473 e. The number of nitrogens with one attached hydrogen (secondary N) is 2. The highest BCUT2D eigenvalue weighted by Gasteiger charge is 1.95. The molecule has 0 atom stereocenters. The van der Waals surface area contributed by atoms with Gasteiger partial charge in [-0.3, -0.25) is 31.1 Å². The Hall–Kier alpha value is -1.53. The molecular formula is C8H17N3O6S2. The van der Waals surface area contributed by atoms with Crippen LogP contribution in [-0.2, 0) is 9.78 Å². The van der Waals surface area contributed by atoms with Crippen molar-refractivity contribution < 1.29 is 30.2 Å². The number of hydrogen-bond donors (Lipinski definition) is 5. The number of hydroxylamine groups is 4. The number of thiocarbonyl (C=S) groups is 2. The molecule has 0 unspecified atom stereocenters. The summed E-state index contributed by atoms with van der Waals surface area (Å²) in [4.78, 5) is 18.3. The average molecular weight is 315 g/mol. The molecule has 1 amide bonds. The molecule has 0 aliphatic heterocycles. The zero-order chi connectivity index (χ0) is 15.8. The zero-order valence-electron chi connectivity index (χ0n) is 10.6. The quantitative estimate of drug-likeness (QED) is 0.167. The third kappa shape index (κ3) is 31.5. The number of amides is 1. The molecule has 0 fully saturated rings. The second-order valence-corrected chi connectivity index (χ2v) is 3.66. The molecule has 0 aliphatic carbocycles. The van der Waals surface area contributed by atoms with Crippen LogP contribution < -0.4 is 11.0 Å². The van der Waals surface area contributed by atoms with Crippen LogP contribution in [0.2, 0.25) is 0 Å². The first-order valence-corrected chi connectivity index (χ1v) is 5.26. The Morgan fingerprint density at radius 1 is 1.32 bits per heavy atom. The van der Waals surface area contributed by atoms with E-state index in [1.54, 1.807) is 19.3 Å². The van der Waals surface area contributed by atoms with E-state index in [1.807, 2.05) is 0 Å². The molecule has 0 heterocycles. The first-order chi connectivity index (χ1) is 8.72. The number of hydrogen-bond acceptors (Lipinski definition) is 8. The smallest absolute Gasteiger partial charge is 0.294 e. The Morgan fingerprint density at radius 3 is 1.84 bits per heavy atom. The summed E-state index contributed by atoms with van der Waals surface area (Å²) in [6, 6.07) is 0. The summed E-state index contributed by atoms with van der Waals surface area (Å²) >= 11 is 8.83. The van der Waals surface area contributed by atoms with E-state index in [-0.39, 0.29) is 0 Å². The molecule has 0 saturated heterocycles. The van der Waals surface area contributed by atoms with Gasteiger partial charge in [-0.25, -0.2) is 9.68 Å². The lowest BCUT2D eigenvalue weighted by Gasteiger charge is -2.03. The van der Waals surface area contributed by atoms with Crippen LogP contribution in [0.15, 0.2) is 12.8 Å². The van der Waals surface area contributed by atoms with E-state index in [0.717, 1.165) is 11.3 Å². The van der Waals surface area contributed by atoms with E-state index < -0.39 is 6.09 Å². The van der Waals surface area contributed by atoms with Gasteiger partial charge in [0.05, 0.1) is 9.98 Å². The van der Waals surface area contributed by atoms with Crippen molar-refractivity contribution in [2.45, 2.75) is 13.8 Å². The van der Waals surface area contributed by atoms with Crippen molar-refractivity contribution in [3.8, 4) is 0 Å². The maximum absolute atomic E-state index is 9.81. The minimum absolute atomic E-state index is 0.394. The molecule has 5 N–H and O–H groups in total. The van der Waals surface area contributed by atoms with Crippen molar-refractivity contribution in [1.82, 2.24) is 16.0 Å². The topological polar surface area (TPSA) is 124 Å². The van der Waals surface area contributed by atoms with Crippen molar-refractivity contribution in [2.24, 2.45) is 0 Å². The van der Waals surface area contributed by atoms with Crippen molar-refractivity contribution >= 4 is 40.5 Å². The number of carbonyl (C=O) groups is 1. The lowest BCUT2D eigenvalue weighted by atomic mass is 10.8. The van der Waals surface area contributed by atoms with E-state index in [1.165, 1.54) is 12.5 Å². The van der Waals surface area contributed by atoms with Crippen LogP contribution in [0, 0.1) is 0 Å². The third-order valence-corrected chi connectivity index (χ3v) is 1.25. The molecule has 0 saturated carbocycles. The van der Waals surface area contributed by atoms with E-state index in [0.29, 0.717) is 9.98 Å². The Bertz CT molecular complexity index is 288. The monoisotopic (exact) mass is 315 g/mol. The van der Waals surface area contributed by atoms with Gasteiger partial charge in [0.1, 0.15) is 6.26 Å². The first-order valence-electron chi connectivity index (χ1n) is 4.45. The van der Waals surface area contributed by atoms with Crippen LogP contribution in [0.3, 0.4) is 0 Å². The minimum Gasteiger partial charge on any atom is -0.294 e. The van der Waals surface area contributed by atoms with Gasteiger partial charge in [-0.2, -0.15) is 5.48 Å². The first kappa shape index (κ1) is 22.6. The van der Waals surface area contributed by atoms with Gasteiger partial charge in [-0.05, 0) is 13.8 Å². The largest absolute Gasteiger partial charge is 0.473 e. The molecule has 0 aromatic rings. The molecule has 0 rings (SSSR count). The van der Waals surface area contributed by atoms with E-state index in [2.05, 4.69) is 40.8 Å². The van der Waals surface area contributed by atoms with E-state index in [9.17, 15) is 4.79 Å². The summed E-state index contributed by atoms with van der Waals surface area (Å²) in [6.07, 6.45) is -0.195. The van der Waals surface area contributed by atoms with Gasteiger partial charge in [0.25, 0.3) is 0 Å². The maximum atomic E-state index is 9.81. The molecule has 0 radical (unpaired) electrons. The lowest BCUT2D eigenvalue weighted by molar-refractivity contribution is -0.193. The highest BCUT2D eigenvalue weighted by atomic mass is 32.1. The second-order valence-electron chi connectivity index (χ2n) is 2.46. The zero-order valence-corrected chi connectivity index (χ0v) is 12.2. The van der Waals surface area contributed by atoms with Crippen LogP contribution in [-0.4, -0.2) is 43.8 Å². The summed E-state index contributed by atoms with van der Waals surface area (Å²) in [7, 11) is 1.49. The molecule has 0 spiro atoms. The fraction of sp³-hybridized carbons (Fsp3) is 0.375. The average Bonchev–Trinajstić information content (AvgIpc) is 2.37. The fourth-order valence-corrected chi connectivity index (χ4v) is 0.0964. The predicted molar refractivity (Wildman–Crippen MR) is 73.7 cm³/mol. The lowest BCUT2D eigenvalue weighted by Crippen LogP contribution is -2.18. The normalized spacial score (nSPS) is 7.26. The van der Waals surface area contributed by atoms with Crippen LogP contribution in [0.1, 0.15) is 13.8 Å². The van der Waals surface area contributed by atoms with Crippen LogP contribution in [0.4, 0.5) is 4.79 Å². The van der Waals surface area contributed by atoms with Crippen molar-refractivity contribution in [1.29, 1.82) is 0 Å². The number of nitrogens with zero attached hydrogens (tertiary/aromatic N) is 1. The van der Waals surface area contributed by atoms with Gasteiger partial charge < -0.3 is 0 Å². The summed E-state index contributed by atoms with van der Waals surface area (Å²) in [6.45, 7) is 6.30. The summed E-state index contributed by atoms with van der Waals surface area (Å²) in [5, 5.41) is 24.7. The molecule has 0 aromatic carbocycles. The molecule has 9 nitrogen and oxygen atoms in total. The van der Waals surface area contributed by atoms with Gasteiger partial charge in [0.2, 0.25) is 0 Å². The number of carbonyl (C=O) groups excluding carboxylic acids is 1. The third-order valence-electron chi connectivity index (χ3n) is 0.896. The minimum atomic E-state index is -1.09. The predicted octanol–water partition coefficient (Wildman–Crippen LogP) is 1.14. The van der Waals surface area contributed by atoms with Crippen molar-refractivity contribution in [3.63, 3.8) is 0 Å². The highest BCUT2D eigenvalue weighted by Crippen LogP contribution is 1.76. The van der Waals surface area contributed by atoms with Crippen LogP contribution >= 0.6 is 24.4 Å². The summed E-state index contributed by atoms with van der Waals surface area (Å²) in [5.41, 5.74) is 2.93. The molecule has 0 aliphatic rings. The van der Waals surface area contributed by atoms with E-state index >= 15 is 0 Å². The molecule has 19 heavy (non-hydrogen) atoms. The van der Waals surface area contributed by atoms with Crippen molar-refractivity contribution in [2.75, 3.05) is 7.05 Å². The van der Waals surface area contributed by atoms with Gasteiger partial charge in [0.15, 0.2) is 0 Å². The fourth-order valence-electron chi connectivity index (χ4n) is 0.0964. The standard InChI is InChI=1S/C3H5NO4.C3H7NOS.C2H5NOS/c1-2-7-8-3(5)4-6;1-3(6)4(2)5;1-2(5)3-4/h2,6H,1H2,(H,4,5);5H,1-2H3;4H,1H3,(H,3,5). The van der Waals surface area contributed by atoms with E-state index in [4.69, 9.17) is 15.6 Å². The summed E-state index contributed by atoms with van der Waals surface area (Å²) < 4.78 is 0. The van der Waals surface area contributed by atoms with Gasteiger partial charge in [-0.1, -0.05) is 31.0 Å². The van der Waals surface area contributed by atoms with Gasteiger partial charge >= 0.3 is 6.09 Å². The van der Waals surface area contributed by atoms with Gasteiger partial charge in [-0.15, -0.1) is 0 Å². The second kappa shape index (κ2) is 16.5. The Balaban J connectivity index is -0.000000209. The SMILES string of the molecule is C=COOC(=O)NO.CC(=S)N(C)O.CC(=S)NO. The number of rotatable bonds is 2. The highest BCUT2D eigenvalue weighted by molar-refractivity contribution is 7.80. The molecule has 0 aromatic heterocycles. The Kier molecular flexibility index (Phi) is 19.6. The molecule has 112 valence electrons. The summed E-state index contributed by atoms with van der Waals surface area (Å²) in [5.74, 6) is 0. The van der Waals surface area contributed by atoms with Crippen molar-refractivity contribution in [3.05, 3.63) is 12.8 Å². The molecular weight excluding hydrogens is 298 g/mol. The molecule has 0 bridgehead atoms. The Labute approximate surface area is 121 Å². The van der Waals surface area contributed by atoms with Gasteiger partial charge in [0, 0.05) is 7.05 Å². The van der Waals surface area contributed by atoms with Crippen LogP contribution in [0.25, 0.3) is 0 Å². The molecule has 11 heteroatoms. The Morgan fingerprint density at radius 2 is 1.68 bits per heavy atom.